The molecular weight excluding hydrogens is 350 g/mol. The second-order valence-electron chi connectivity index (χ2n) is 5.19. The van der Waals surface area contributed by atoms with Crippen molar-refractivity contribution < 1.29 is 28.5 Å². The van der Waals surface area contributed by atoms with E-state index in [9.17, 15) is 9.59 Å². The zero-order valence-corrected chi connectivity index (χ0v) is 15.0. The fourth-order valence-electron chi connectivity index (χ4n) is 2.18. The minimum atomic E-state index is -0.745. The molecule has 2 aromatic rings. The molecule has 0 atom stereocenters. The van der Waals surface area contributed by atoms with Crippen molar-refractivity contribution in [2.45, 2.75) is 0 Å². The van der Waals surface area contributed by atoms with Crippen LogP contribution in [0.3, 0.4) is 0 Å². The molecule has 0 spiro atoms. The Morgan fingerprint density at radius 3 is 2.41 bits per heavy atom. The Labute approximate surface area is 156 Å². The van der Waals surface area contributed by atoms with E-state index in [-0.39, 0.29) is 17.1 Å². The maximum atomic E-state index is 12.3. The molecule has 0 radical (unpaired) electrons. The number of hydrogen-bond donors (Lipinski definition) is 0. The van der Waals surface area contributed by atoms with Gasteiger partial charge in [-0.25, -0.2) is 9.59 Å². The van der Waals surface area contributed by atoms with Crippen molar-refractivity contribution in [3.63, 3.8) is 0 Å². The molecule has 0 aliphatic heterocycles. The largest absolute Gasteiger partial charge is 0.497 e. The minimum absolute atomic E-state index is 0.166. The maximum Gasteiger partial charge on any atom is 0.348 e. The van der Waals surface area contributed by atoms with E-state index in [4.69, 9.17) is 19.5 Å². The van der Waals surface area contributed by atoms with Gasteiger partial charge in [-0.15, -0.1) is 0 Å². The van der Waals surface area contributed by atoms with Gasteiger partial charge in [0.15, 0.2) is 11.5 Å². The Morgan fingerprint density at radius 1 is 1.00 bits per heavy atom. The smallest absolute Gasteiger partial charge is 0.348 e. The molecule has 27 heavy (non-hydrogen) atoms. The van der Waals surface area contributed by atoms with E-state index < -0.39 is 11.9 Å². The highest BCUT2D eigenvalue weighted by molar-refractivity contribution is 5.98. The molecule has 2 rings (SSSR count). The molecule has 0 aliphatic rings. The van der Waals surface area contributed by atoms with Crippen LogP contribution in [0.1, 0.15) is 15.9 Å². The fourth-order valence-corrected chi connectivity index (χ4v) is 2.18. The van der Waals surface area contributed by atoms with Crippen LogP contribution in [0.15, 0.2) is 48.0 Å². The summed E-state index contributed by atoms with van der Waals surface area (Å²) in [6.07, 6.45) is 1.35. The third-order valence-corrected chi connectivity index (χ3v) is 3.53. The molecule has 0 fully saturated rings. The SMILES string of the molecule is COC(=O)/C(C#N)=C/c1ccc(OC(=O)c2cccc(OC)c2)c(OC)c1. The predicted molar refractivity (Wildman–Crippen MR) is 96.6 cm³/mol. The van der Waals surface area contributed by atoms with Crippen molar-refractivity contribution in [3.05, 3.63) is 59.2 Å². The van der Waals surface area contributed by atoms with Crippen molar-refractivity contribution in [1.29, 1.82) is 5.26 Å². The van der Waals surface area contributed by atoms with E-state index in [1.807, 2.05) is 0 Å². The number of nitrogens with zero attached hydrogens (tertiary/aromatic N) is 1. The van der Waals surface area contributed by atoms with E-state index in [2.05, 4.69) is 4.74 Å². The Balaban J connectivity index is 2.28. The fraction of sp³-hybridized carbons (Fsp3) is 0.150. The van der Waals surface area contributed by atoms with Crippen LogP contribution in [0.4, 0.5) is 0 Å². The van der Waals surface area contributed by atoms with Gasteiger partial charge in [0.1, 0.15) is 17.4 Å². The third kappa shape index (κ3) is 4.86. The van der Waals surface area contributed by atoms with Crippen molar-refractivity contribution in [1.82, 2.24) is 0 Å². The number of esters is 2. The molecule has 7 heteroatoms. The third-order valence-electron chi connectivity index (χ3n) is 3.53. The number of rotatable bonds is 6. The van der Waals surface area contributed by atoms with E-state index >= 15 is 0 Å². The number of nitriles is 1. The average molecular weight is 367 g/mol. The topological polar surface area (TPSA) is 94.9 Å². The van der Waals surface area contributed by atoms with Crippen molar-refractivity contribution >= 4 is 18.0 Å². The summed E-state index contributed by atoms with van der Waals surface area (Å²) in [7, 11) is 4.11. The molecule has 7 nitrogen and oxygen atoms in total. The maximum absolute atomic E-state index is 12.3. The molecule has 0 aromatic heterocycles. The molecule has 0 unspecified atom stereocenters. The van der Waals surface area contributed by atoms with Crippen molar-refractivity contribution in [2.75, 3.05) is 21.3 Å². The molecule has 0 N–H and O–H groups in total. The summed E-state index contributed by atoms with van der Waals surface area (Å²) in [5.74, 6) is -0.335. The van der Waals surface area contributed by atoms with Crippen molar-refractivity contribution in [3.8, 4) is 23.3 Å². The lowest BCUT2D eigenvalue weighted by atomic mass is 10.1. The quantitative estimate of drug-likeness (QED) is 0.335. The highest BCUT2D eigenvalue weighted by Gasteiger charge is 2.14. The Kier molecular flexibility index (Phi) is 6.55. The van der Waals surface area contributed by atoms with Crippen LogP contribution >= 0.6 is 0 Å². The first-order valence-electron chi connectivity index (χ1n) is 7.76. The molecule has 0 amide bonds. The molecule has 138 valence electrons. The second-order valence-corrected chi connectivity index (χ2v) is 5.19. The summed E-state index contributed by atoms with van der Waals surface area (Å²) in [4.78, 5) is 23.8. The van der Waals surface area contributed by atoms with E-state index in [0.717, 1.165) is 0 Å². The molecular formula is C20H17NO6. The minimum Gasteiger partial charge on any atom is -0.497 e. The van der Waals surface area contributed by atoms with Gasteiger partial charge in [-0.3, -0.25) is 0 Å². The first-order chi connectivity index (χ1) is 13.0. The number of carbonyl (C=O) groups excluding carboxylic acids is 2. The molecule has 0 saturated heterocycles. The summed E-state index contributed by atoms with van der Waals surface area (Å²) in [6, 6.07) is 12.9. The summed E-state index contributed by atoms with van der Waals surface area (Å²) < 4.78 is 20.2. The van der Waals surface area contributed by atoms with Gasteiger partial charge < -0.3 is 18.9 Å². The number of benzene rings is 2. The Hall–Kier alpha value is -3.79. The van der Waals surface area contributed by atoms with Crippen LogP contribution in [-0.2, 0) is 9.53 Å². The molecule has 0 heterocycles. The molecule has 0 bridgehead atoms. The zero-order chi connectivity index (χ0) is 19.8. The highest BCUT2D eigenvalue weighted by Crippen LogP contribution is 2.30. The van der Waals surface area contributed by atoms with Crippen LogP contribution in [0.25, 0.3) is 6.08 Å². The summed E-state index contributed by atoms with van der Waals surface area (Å²) in [6.45, 7) is 0. The highest BCUT2D eigenvalue weighted by atomic mass is 16.6. The molecule has 0 aliphatic carbocycles. The summed E-state index contributed by atoms with van der Waals surface area (Å²) in [5.41, 5.74) is 0.661. The Morgan fingerprint density at radius 2 is 1.78 bits per heavy atom. The zero-order valence-electron chi connectivity index (χ0n) is 15.0. The van der Waals surface area contributed by atoms with Gasteiger partial charge in [0.05, 0.1) is 26.9 Å². The van der Waals surface area contributed by atoms with Gasteiger partial charge >= 0.3 is 11.9 Å². The van der Waals surface area contributed by atoms with Gasteiger partial charge in [-0.1, -0.05) is 12.1 Å². The Bertz CT molecular complexity index is 926. The van der Waals surface area contributed by atoms with E-state index in [1.165, 1.54) is 39.5 Å². The van der Waals surface area contributed by atoms with Crippen molar-refractivity contribution in [2.24, 2.45) is 0 Å². The molecule has 2 aromatic carbocycles. The van der Waals surface area contributed by atoms with Gasteiger partial charge in [-0.2, -0.15) is 5.26 Å². The standard InChI is InChI=1S/C20H17NO6/c1-24-16-6-4-5-14(11-16)20(23)27-17-8-7-13(10-18(17)25-2)9-15(12-21)19(22)26-3/h4-11H,1-3H3/b15-9+. The normalized spacial score (nSPS) is 10.5. The van der Waals surface area contributed by atoms with Crippen LogP contribution in [0.2, 0.25) is 0 Å². The van der Waals surface area contributed by atoms with Gasteiger partial charge in [0.2, 0.25) is 0 Å². The van der Waals surface area contributed by atoms with Crippen LogP contribution in [-0.4, -0.2) is 33.3 Å². The second kappa shape index (κ2) is 9.06. The monoisotopic (exact) mass is 367 g/mol. The van der Waals surface area contributed by atoms with Crippen LogP contribution in [0, 0.1) is 11.3 Å². The first-order valence-corrected chi connectivity index (χ1v) is 7.76. The lowest BCUT2D eigenvalue weighted by molar-refractivity contribution is -0.135. The van der Waals surface area contributed by atoms with Gasteiger partial charge in [-0.05, 0) is 42.0 Å². The summed E-state index contributed by atoms with van der Waals surface area (Å²) in [5, 5.41) is 9.03. The number of methoxy groups -OCH3 is 3. The lowest BCUT2D eigenvalue weighted by Gasteiger charge is -2.10. The van der Waals surface area contributed by atoms with Crippen LogP contribution in [0.5, 0.6) is 17.2 Å². The predicted octanol–water partition coefficient (Wildman–Crippen LogP) is 3.00. The average Bonchev–Trinajstić information content (AvgIpc) is 2.72. The number of hydrogen-bond acceptors (Lipinski definition) is 7. The first kappa shape index (κ1) is 19.5. The summed E-state index contributed by atoms with van der Waals surface area (Å²) >= 11 is 0. The van der Waals surface area contributed by atoms with E-state index in [1.54, 1.807) is 36.4 Å². The van der Waals surface area contributed by atoms with Gasteiger partial charge in [0.25, 0.3) is 0 Å². The number of ether oxygens (including phenoxy) is 4. The van der Waals surface area contributed by atoms with E-state index in [0.29, 0.717) is 16.9 Å². The van der Waals surface area contributed by atoms with Gasteiger partial charge in [0, 0.05) is 0 Å². The lowest BCUT2D eigenvalue weighted by Crippen LogP contribution is -2.09. The number of carbonyl (C=O) groups is 2. The van der Waals surface area contributed by atoms with Crippen LogP contribution < -0.4 is 14.2 Å². The molecule has 0 saturated carbocycles.